The molecule has 3 aromatic rings. The molecule has 25 heavy (non-hydrogen) atoms. The van der Waals surface area contributed by atoms with Gasteiger partial charge in [-0.2, -0.15) is 0 Å². The summed E-state index contributed by atoms with van der Waals surface area (Å²) in [5.41, 5.74) is 1.60. The number of hydrogen-bond donors (Lipinski definition) is 1. The first-order chi connectivity index (χ1) is 12.1. The van der Waals surface area contributed by atoms with Crippen LogP contribution in [0.1, 0.15) is 0 Å². The van der Waals surface area contributed by atoms with Gasteiger partial charge in [0.25, 0.3) is 5.69 Å². The van der Waals surface area contributed by atoms with Crippen LogP contribution in [0.3, 0.4) is 0 Å². The van der Waals surface area contributed by atoms with Crippen molar-refractivity contribution in [2.24, 2.45) is 0 Å². The summed E-state index contributed by atoms with van der Waals surface area (Å²) in [6, 6.07) is 10.0. The van der Waals surface area contributed by atoms with Gasteiger partial charge >= 0.3 is 0 Å². The van der Waals surface area contributed by atoms with Gasteiger partial charge < -0.3 is 5.32 Å². The van der Waals surface area contributed by atoms with Crippen molar-refractivity contribution in [3.8, 4) is 11.3 Å². The minimum atomic E-state index is -0.457. The molecule has 0 bridgehead atoms. The van der Waals surface area contributed by atoms with Crippen LogP contribution in [0.4, 0.5) is 10.8 Å². The Morgan fingerprint density at radius 2 is 2.12 bits per heavy atom. The number of thioether (sulfide) groups is 1. The van der Waals surface area contributed by atoms with E-state index in [1.54, 1.807) is 30.6 Å². The van der Waals surface area contributed by atoms with E-state index in [0.29, 0.717) is 10.0 Å². The summed E-state index contributed by atoms with van der Waals surface area (Å²) >= 11 is 2.43. The van der Waals surface area contributed by atoms with Gasteiger partial charge in [-0.15, -0.1) is 23.1 Å². The van der Waals surface area contributed by atoms with Gasteiger partial charge in [0.05, 0.1) is 21.3 Å². The largest absolute Gasteiger partial charge is 0.301 e. The van der Waals surface area contributed by atoms with Crippen LogP contribution in [0.2, 0.25) is 0 Å². The molecule has 0 spiro atoms. The van der Waals surface area contributed by atoms with Crippen LogP contribution in [0.15, 0.2) is 59.1 Å². The average molecular weight is 372 g/mol. The molecular weight excluding hydrogens is 360 g/mol. The lowest BCUT2D eigenvalue weighted by Crippen LogP contribution is -2.13. The Balaban J connectivity index is 1.61. The van der Waals surface area contributed by atoms with Gasteiger partial charge in [0.1, 0.15) is 0 Å². The van der Waals surface area contributed by atoms with Crippen LogP contribution in [0, 0.1) is 10.1 Å². The number of nitro benzene ring substituents is 1. The average Bonchev–Trinajstić information content (AvgIpc) is 3.09. The van der Waals surface area contributed by atoms with Crippen molar-refractivity contribution in [1.82, 2.24) is 9.97 Å². The Morgan fingerprint density at radius 1 is 1.28 bits per heavy atom. The Hall–Kier alpha value is -2.78. The molecule has 0 unspecified atom stereocenters. The van der Waals surface area contributed by atoms with E-state index in [1.807, 2.05) is 17.5 Å². The van der Waals surface area contributed by atoms with E-state index < -0.39 is 4.92 Å². The number of carbonyl (C=O) groups excluding carboxylic acids is 1. The van der Waals surface area contributed by atoms with Crippen molar-refractivity contribution < 1.29 is 9.72 Å². The maximum absolute atomic E-state index is 12.1. The first kappa shape index (κ1) is 17.1. The highest BCUT2D eigenvalue weighted by atomic mass is 32.2. The summed E-state index contributed by atoms with van der Waals surface area (Å²) in [5, 5.41) is 16.0. The van der Waals surface area contributed by atoms with Gasteiger partial charge in [-0.25, -0.2) is 4.98 Å². The minimum absolute atomic E-state index is 0.00610. The second-order valence-electron chi connectivity index (χ2n) is 4.84. The van der Waals surface area contributed by atoms with Crippen LogP contribution in [-0.2, 0) is 4.79 Å². The third-order valence-electron chi connectivity index (χ3n) is 3.13. The zero-order valence-corrected chi connectivity index (χ0v) is 14.4. The lowest BCUT2D eigenvalue weighted by atomic mass is 10.2. The number of pyridine rings is 1. The number of thiazole rings is 1. The summed E-state index contributed by atoms with van der Waals surface area (Å²) in [6.45, 7) is 0. The first-order valence-corrected chi connectivity index (χ1v) is 9.02. The summed E-state index contributed by atoms with van der Waals surface area (Å²) in [7, 11) is 0. The number of para-hydroxylation sites is 1. The lowest BCUT2D eigenvalue weighted by molar-refractivity contribution is -0.387. The second kappa shape index (κ2) is 7.86. The Labute approximate surface area is 151 Å². The fraction of sp³-hybridized carbons (Fsp3) is 0.0625. The number of aromatic nitrogens is 2. The molecule has 0 atom stereocenters. The number of nitrogens with zero attached hydrogens (tertiary/aromatic N) is 3. The molecule has 1 N–H and O–H groups in total. The lowest BCUT2D eigenvalue weighted by Gasteiger charge is -2.03. The fourth-order valence-electron chi connectivity index (χ4n) is 2.01. The normalized spacial score (nSPS) is 10.4. The monoisotopic (exact) mass is 372 g/mol. The van der Waals surface area contributed by atoms with Crippen molar-refractivity contribution in [2.45, 2.75) is 4.90 Å². The summed E-state index contributed by atoms with van der Waals surface area (Å²) in [4.78, 5) is 31.4. The smallest absolute Gasteiger partial charge is 0.282 e. The molecule has 9 heteroatoms. The molecule has 3 rings (SSSR count). The van der Waals surface area contributed by atoms with Crippen LogP contribution < -0.4 is 5.32 Å². The van der Waals surface area contributed by atoms with Crippen molar-refractivity contribution in [2.75, 3.05) is 11.1 Å². The van der Waals surface area contributed by atoms with E-state index >= 15 is 0 Å². The summed E-state index contributed by atoms with van der Waals surface area (Å²) in [5.74, 6) is -0.206. The zero-order chi connectivity index (χ0) is 17.6. The topological polar surface area (TPSA) is 98.0 Å². The van der Waals surface area contributed by atoms with Crippen LogP contribution in [0.25, 0.3) is 11.3 Å². The molecule has 0 aliphatic heterocycles. The molecule has 2 heterocycles. The molecule has 0 saturated carbocycles. The van der Waals surface area contributed by atoms with Crippen LogP contribution >= 0.6 is 23.1 Å². The molecule has 1 amide bonds. The molecule has 1 aromatic carbocycles. The van der Waals surface area contributed by atoms with E-state index in [4.69, 9.17) is 0 Å². The highest BCUT2D eigenvalue weighted by Crippen LogP contribution is 2.29. The number of amides is 1. The number of nitrogens with one attached hydrogen (secondary N) is 1. The van der Waals surface area contributed by atoms with Crippen LogP contribution in [-0.4, -0.2) is 26.6 Å². The predicted octanol–water partition coefficient (Wildman–Crippen LogP) is 3.84. The molecule has 0 saturated heterocycles. The maximum Gasteiger partial charge on any atom is 0.282 e. The quantitative estimate of drug-likeness (QED) is 0.401. The van der Waals surface area contributed by atoms with E-state index in [9.17, 15) is 14.9 Å². The van der Waals surface area contributed by atoms with Gasteiger partial charge in [0.2, 0.25) is 5.91 Å². The Morgan fingerprint density at radius 3 is 2.88 bits per heavy atom. The minimum Gasteiger partial charge on any atom is -0.301 e. The molecule has 126 valence electrons. The maximum atomic E-state index is 12.1. The van der Waals surface area contributed by atoms with E-state index in [-0.39, 0.29) is 17.3 Å². The van der Waals surface area contributed by atoms with Crippen molar-refractivity contribution in [1.29, 1.82) is 0 Å². The molecule has 7 nitrogen and oxygen atoms in total. The van der Waals surface area contributed by atoms with Crippen molar-refractivity contribution in [3.05, 3.63) is 64.3 Å². The van der Waals surface area contributed by atoms with Gasteiger partial charge in [-0.3, -0.25) is 19.9 Å². The van der Waals surface area contributed by atoms with E-state index in [1.165, 1.54) is 17.4 Å². The number of nitro groups is 1. The van der Waals surface area contributed by atoms with Crippen molar-refractivity contribution in [3.63, 3.8) is 0 Å². The predicted molar refractivity (Wildman–Crippen MR) is 97.8 cm³/mol. The van der Waals surface area contributed by atoms with Gasteiger partial charge in [0, 0.05) is 29.4 Å². The third kappa shape index (κ3) is 4.40. The number of anilines is 1. The Kier molecular flexibility index (Phi) is 5.36. The Bertz CT molecular complexity index is 899. The molecule has 0 aliphatic carbocycles. The second-order valence-corrected chi connectivity index (χ2v) is 6.72. The first-order valence-electron chi connectivity index (χ1n) is 7.15. The van der Waals surface area contributed by atoms with Crippen molar-refractivity contribution >= 4 is 39.8 Å². The number of rotatable bonds is 6. The van der Waals surface area contributed by atoms with Gasteiger partial charge in [-0.05, 0) is 18.2 Å². The highest BCUT2D eigenvalue weighted by molar-refractivity contribution is 8.00. The fourth-order valence-corrected chi connectivity index (χ4v) is 3.57. The molecule has 0 aliphatic rings. The highest BCUT2D eigenvalue weighted by Gasteiger charge is 2.15. The van der Waals surface area contributed by atoms with E-state index in [2.05, 4.69) is 15.3 Å². The number of benzene rings is 1. The van der Waals surface area contributed by atoms with E-state index in [0.717, 1.165) is 23.0 Å². The third-order valence-corrected chi connectivity index (χ3v) is 4.95. The molecule has 2 aromatic heterocycles. The number of hydrogen-bond acceptors (Lipinski definition) is 7. The standard InChI is InChI=1S/C16H12N4O3S2/c21-15(10-24-14-6-2-1-5-13(14)20(22)23)19-16-18-12(9-25-16)11-4-3-7-17-8-11/h1-9H,10H2,(H,18,19,21). The summed E-state index contributed by atoms with van der Waals surface area (Å²) < 4.78 is 0. The molecule has 0 fully saturated rings. The van der Waals surface area contributed by atoms with Crippen LogP contribution in [0.5, 0.6) is 0 Å². The molecular formula is C16H12N4O3S2. The summed E-state index contributed by atoms with van der Waals surface area (Å²) in [6.07, 6.45) is 3.38. The SMILES string of the molecule is O=C(CSc1ccccc1[N+](=O)[O-])Nc1nc(-c2cccnc2)cs1. The van der Waals surface area contributed by atoms with Gasteiger partial charge in [0.15, 0.2) is 5.13 Å². The molecule has 0 radical (unpaired) electrons. The zero-order valence-electron chi connectivity index (χ0n) is 12.8. The number of carbonyl (C=O) groups is 1. The van der Waals surface area contributed by atoms with Gasteiger partial charge in [-0.1, -0.05) is 12.1 Å².